The number of carbonyl (C=O) groups is 3. The number of rotatable bonds is 45. The van der Waals surface area contributed by atoms with Gasteiger partial charge in [0.15, 0.2) is 12.1 Å². The highest BCUT2D eigenvalue weighted by Gasteiger charge is 2.31. The summed E-state index contributed by atoms with van der Waals surface area (Å²) in [5.41, 5.74) is 0. The van der Waals surface area contributed by atoms with E-state index in [2.05, 4.69) is 13.8 Å². The SMILES string of the molecule is CCCCCCCCCCCCCCCCCCCCCCCCCC(=O)OC(COCCC(C(=O)O)[N+](C)(C)C)COC(=O)CCCCCCCCCCCC. The molecule has 338 valence electrons. The molecule has 0 aromatic rings. The van der Waals surface area contributed by atoms with E-state index in [4.69, 9.17) is 14.2 Å². The van der Waals surface area contributed by atoms with Crippen LogP contribution in [0.25, 0.3) is 0 Å². The summed E-state index contributed by atoms with van der Waals surface area (Å²) in [7, 11) is 5.54. The molecule has 8 heteroatoms. The Bertz CT molecular complexity index is 905. The van der Waals surface area contributed by atoms with Crippen molar-refractivity contribution in [3.63, 3.8) is 0 Å². The van der Waals surface area contributed by atoms with Gasteiger partial charge < -0.3 is 23.8 Å². The Hall–Kier alpha value is -1.67. The summed E-state index contributed by atoms with van der Waals surface area (Å²) in [6.07, 6.45) is 43.0. The number of carbonyl (C=O) groups excluding carboxylic acids is 2. The summed E-state index contributed by atoms with van der Waals surface area (Å²) in [5, 5.41) is 9.62. The van der Waals surface area contributed by atoms with E-state index >= 15 is 0 Å². The minimum absolute atomic E-state index is 0.0422. The quantitative estimate of drug-likeness (QED) is 0.0371. The summed E-state index contributed by atoms with van der Waals surface area (Å²) in [5.74, 6) is -1.45. The van der Waals surface area contributed by atoms with Crippen molar-refractivity contribution >= 4 is 17.9 Å². The van der Waals surface area contributed by atoms with Gasteiger partial charge in [0.1, 0.15) is 6.61 Å². The van der Waals surface area contributed by atoms with E-state index in [-0.39, 0.29) is 36.2 Å². The number of hydrogen-bond acceptors (Lipinski definition) is 6. The molecule has 0 saturated heterocycles. The number of esters is 2. The van der Waals surface area contributed by atoms with Crippen molar-refractivity contribution in [2.24, 2.45) is 0 Å². The van der Waals surface area contributed by atoms with Gasteiger partial charge in [0.2, 0.25) is 0 Å². The third kappa shape index (κ3) is 39.6. The van der Waals surface area contributed by atoms with Crippen molar-refractivity contribution < 1.29 is 38.2 Å². The number of aliphatic carboxylic acids is 1. The Labute approximate surface area is 353 Å². The van der Waals surface area contributed by atoms with Crippen LogP contribution in [0.5, 0.6) is 0 Å². The van der Waals surface area contributed by atoms with Crippen LogP contribution in [-0.2, 0) is 28.6 Å². The molecule has 2 atom stereocenters. The van der Waals surface area contributed by atoms with E-state index in [1.807, 2.05) is 21.1 Å². The first-order chi connectivity index (χ1) is 27.6. The average Bonchev–Trinajstić information content (AvgIpc) is 3.17. The molecule has 8 nitrogen and oxygen atoms in total. The molecule has 57 heavy (non-hydrogen) atoms. The van der Waals surface area contributed by atoms with E-state index in [0.717, 1.165) is 38.5 Å². The van der Waals surface area contributed by atoms with Crippen LogP contribution in [0.1, 0.15) is 245 Å². The van der Waals surface area contributed by atoms with Gasteiger partial charge in [-0.25, -0.2) is 4.79 Å². The van der Waals surface area contributed by atoms with Gasteiger partial charge in [0.25, 0.3) is 0 Å². The summed E-state index contributed by atoms with van der Waals surface area (Å²) in [6, 6.07) is -0.608. The summed E-state index contributed by atoms with van der Waals surface area (Å²) >= 11 is 0. The van der Waals surface area contributed by atoms with Crippen molar-refractivity contribution in [2.75, 3.05) is 41.0 Å². The molecule has 0 aliphatic heterocycles. The molecule has 0 aliphatic rings. The van der Waals surface area contributed by atoms with Crippen molar-refractivity contribution in [2.45, 2.75) is 257 Å². The zero-order valence-electron chi connectivity index (χ0n) is 38.6. The zero-order valence-corrected chi connectivity index (χ0v) is 38.6. The second kappa shape index (κ2) is 41.1. The van der Waals surface area contributed by atoms with Crippen LogP contribution in [0.2, 0.25) is 0 Å². The molecule has 0 aromatic carbocycles. The maximum atomic E-state index is 12.7. The van der Waals surface area contributed by atoms with Crippen molar-refractivity contribution in [3.8, 4) is 0 Å². The Morgan fingerprint density at radius 3 is 1.09 bits per heavy atom. The second-order valence-electron chi connectivity index (χ2n) is 18.1. The molecule has 0 radical (unpaired) electrons. The monoisotopic (exact) mass is 811 g/mol. The lowest BCUT2D eigenvalue weighted by molar-refractivity contribution is -0.887. The minimum Gasteiger partial charge on any atom is -0.477 e. The van der Waals surface area contributed by atoms with Gasteiger partial charge in [-0.1, -0.05) is 213 Å². The van der Waals surface area contributed by atoms with Gasteiger partial charge in [0.05, 0.1) is 34.4 Å². The minimum atomic E-state index is -0.870. The van der Waals surface area contributed by atoms with E-state index in [0.29, 0.717) is 19.3 Å². The van der Waals surface area contributed by atoms with Gasteiger partial charge >= 0.3 is 17.9 Å². The fraction of sp³-hybridized carbons (Fsp3) is 0.939. The van der Waals surface area contributed by atoms with E-state index in [1.165, 1.54) is 173 Å². The molecule has 0 spiro atoms. The normalized spacial score (nSPS) is 12.8. The Balaban J connectivity index is 4.11. The average molecular weight is 811 g/mol. The maximum Gasteiger partial charge on any atom is 0.362 e. The van der Waals surface area contributed by atoms with Crippen molar-refractivity contribution in [3.05, 3.63) is 0 Å². The second-order valence-corrected chi connectivity index (χ2v) is 18.1. The highest BCUT2D eigenvalue weighted by atomic mass is 16.6. The molecule has 0 fully saturated rings. The smallest absolute Gasteiger partial charge is 0.362 e. The molecule has 0 bridgehead atoms. The molecular weight excluding hydrogens is 715 g/mol. The largest absolute Gasteiger partial charge is 0.477 e. The van der Waals surface area contributed by atoms with Gasteiger partial charge in [-0.2, -0.15) is 0 Å². The van der Waals surface area contributed by atoms with Crippen LogP contribution >= 0.6 is 0 Å². The third-order valence-corrected chi connectivity index (χ3v) is 11.5. The number of quaternary nitrogens is 1. The van der Waals surface area contributed by atoms with Gasteiger partial charge in [-0.05, 0) is 12.8 Å². The number of unbranched alkanes of at least 4 members (excludes halogenated alkanes) is 31. The van der Waals surface area contributed by atoms with Gasteiger partial charge in [-0.15, -0.1) is 0 Å². The molecule has 0 rings (SSSR count). The van der Waals surface area contributed by atoms with Crippen LogP contribution in [0.15, 0.2) is 0 Å². The predicted molar refractivity (Wildman–Crippen MR) is 239 cm³/mol. The summed E-state index contributed by atoms with van der Waals surface area (Å²) in [6.45, 7) is 4.77. The number of nitrogens with zero attached hydrogens (tertiary/aromatic N) is 1. The van der Waals surface area contributed by atoms with Crippen LogP contribution in [-0.4, -0.2) is 80.6 Å². The van der Waals surface area contributed by atoms with Crippen LogP contribution in [0.3, 0.4) is 0 Å². The number of ether oxygens (including phenoxy) is 3. The predicted octanol–water partition coefficient (Wildman–Crippen LogP) is 13.7. The molecule has 0 aromatic heterocycles. The Kier molecular flexibility index (Phi) is 39.9. The van der Waals surface area contributed by atoms with E-state index < -0.39 is 18.1 Å². The van der Waals surface area contributed by atoms with Gasteiger partial charge in [-0.3, -0.25) is 9.59 Å². The lowest BCUT2D eigenvalue weighted by atomic mass is 10.0. The zero-order chi connectivity index (χ0) is 42.1. The lowest BCUT2D eigenvalue weighted by Crippen LogP contribution is -2.50. The summed E-state index contributed by atoms with van der Waals surface area (Å²) < 4.78 is 17.3. The fourth-order valence-electron chi connectivity index (χ4n) is 7.68. The molecule has 0 heterocycles. The van der Waals surface area contributed by atoms with Crippen LogP contribution < -0.4 is 0 Å². The molecule has 0 aliphatic carbocycles. The van der Waals surface area contributed by atoms with Crippen LogP contribution in [0.4, 0.5) is 0 Å². The lowest BCUT2D eigenvalue weighted by Gasteiger charge is -2.31. The number of hydrogen-bond donors (Lipinski definition) is 1. The molecule has 0 saturated carbocycles. The standard InChI is InChI=1S/C49H95NO7/c1-6-8-10-12-14-16-18-19-20-21-22-23-24-25-26-27-28-29-30-32-34-36-38-40-48(52)57-45(43-55-42-41-46(49(53)54)50(3,4)5)44-56-47(51)39-37-35-33-31-17-15-13-11-9-7-2/h45-46H,6-44H2,1-5H3/p+1. The first kappa shape index (κ1) is 55.3. The number of carboxylic acid groups (broad SMARTS) is 1. The first-order valence-corrected chi connectivity index (χ1v) is 24.6. The van der Waals surface area contributed by atoms with Crippen LogP contribution in [0, 0.1) is 0 Å². The molecule has 0 amide bonds. The number of likely N-dealkylation sites (N-methyl/N-ethyl adjacent to an activating group) is 1. The van der Waals surface area contributed by atoms with E-state index in [1.54, 1.807) is 0 Å². The maximum absolute atomic E-state index is 12.7. The molecule has 1 N–H and O–H groups in total. The van der Waals surface area contributed by atoms with E-state index in [9.17, 15) is 19.5 Å². The first-order valence-electron chi connectivity index (χ1n) is 24.6. The number of carboxylic acids is 1. The Morgan fingerprint density at radius 1 is 0.456 bits per heavy atom. The molecule has 2 unspecified atom stereocenters. The molecular formula is C49H96NO7+. The van der Waals surface area contributed by atoms with Crippen molar-refractivity contribution in [1.82, 2.24) is 0 Å². The summed E-state index contributed by atoms with van der Waals surface area (Å²) in [4.78, 5) is 37.0. The van der Waals surface area contributed by atoms with Crippen molar-refractivity contribution in [1.29, 1.82) is 0 Å². The third-order valence-electron chi connectivity index (χ3n) is 11.5. The highest BCUT2D eigenvalue weighted by Crippen LogP contribution is 2.17. The highest BCUT2D eigenvalue weighted by molar-refractivity contribution is 5.72. The topological polar surface area (TPSA) is 99.1 Å². The van der Waals surface area contributed by atoms with Gasteiger partial charge in [0, 0.05) is 19.3 Å². The Morgan fingerprint density at radius 2 is 0.772 bits per heavy atom. The fourth-order valence-corrected chi connectivity index (χ4v) is 7.68.